The summed E-state index contributed by atoms with van der Waals surface area (Å²) >= 11 is 0. The second-order valence-corrected chi connectivity index (χ2v) is 7.01. The molecule has 1 fully saturated rings. The maximum atomic E-state index is 12.2. The van der Waals surface area contributed by atoms with Gasteiger partial charge in [-0.2, -0.15) is 0 Å². The van der Waals surface area contributed by atoms with Crippen LogP contribution in [-0.2, 0) is 14.8 Å². The maximum Gasteiger partial charge on any atom is 0.240 e. The molecule has 1 aromatic rings. The Hall–Kier alpha value is -1.28. The van der Waals surface area contributed by atoms with Crippen LogP contribution in [0.25, 0.3) is 0 Å². The van der Waals surface area contributed by atoms with Gasteiger partial charge < -0.3 is 9.84 Å². The first-order valence-electron chi connectivity index (χ1n) is 6.73. The molecule has 1 aliphatic rings. The van der Waals surface area contributed by atoms with Crippen LogP contribution in [0.2, 0.25) is 0 Å². The van der Waals surface area contributed by atoms with Gasteiger partial charge in [0, 0.05) is 38.2 Å². The molecule has 2 rings (SSSR count). The molecule has 0 atom stereocenters. The van der Waals surface area contributed by atoms with Crippen LogP contribution in [0, 0.1) is 0 Å². The summed E-state index contributed by atoms with van der Waals surface area (Å²) in [6, 6.07) is 5.71. The summed E-state index contributed by atoms with van der Waals surface area (Å²) in [4.78, 5) is 11.2. The van der Waals surface area contributed by atoms with E-state index in [1.807, 2.05) is 0 Å². The molecule has 1 aliphatic heterocycles. The van der Waals surface area contributed by atoms with E-state index in [2.05, 4.69) is 4.72 Å². The number of ketones is 1. The minimum atomic E-state index is -3.70. The second kappa shape index (κ2) is 6.23. The number of carbonyl (C=O) groups excluding carboxylic acids is 1. The van der Waals surface area contributed by atoms with Crippen LogP contribution in [-0.4, -0.2) is 44.7 Å². The number of sulfonamides is 1. The first kappa shape index (κ1) is 16.1. The van der Waals surface area contributed by atoms with Crippen LogP contribution in [0.1, 0.15) is 30.1 Å². The van der Waals surface area contributed by atoms with Crippen molar-refractivity contribution in [2.24, 2.45) is 0 Å². The van der Waals surface area contributed by atoms with Crippen molar-refractivity contribution >= 4 is 15.8 Å². The third-order valence-corrected chi connectivity index (χ3v) is 5.00. The van der Waals surface area contributed by atoms with Crippen molar-refractivity contribution in [1.29, 1.82) is 0 Å². The molecule has 7 heteroatoms. The molecule has 116 valence electrons. The summed E-state index contributed by atoms with van der Waals surface area (Å²) in [6.45, 7) is 2.21. The van der Waals surface area contributed by atoms with E-state index in [0.717, 1.165) is 0 Å². The molecule has 2 N–H and O–H groups in total. The Morgan fingerprint density at radius 2 is 1.86 bits per heavy atom. The van der Waals surface area contributed by atoms with Crippen molar-refractivity contribution < 1.29 is 23.1 Å². The highest BCUT2D eigenvalue weighted by atomic mass is 32.2. The zero-order chi connectivity index (χ0) is 15.5. The molecule has 0 aromatic heterocycles. The largest absolute Gasteiger partial charge is 0.388 e. The fourth-order valence-corrected chi connectivity index (χ4v) is 3.23. The van der Waals surface area contributed by atoms with Gasteiger partial charge in [-0.3, -0.25) is 4.79 Å². The highest BCUT2D eigenvalue weighted by Crippen LogP contribution is 2.20. The molecule has 0 bridgehead atoms. The maximum absolute atomic E-state index is 12.2. The first-order chi connectivity index (χ1) is 9.82. The number of rotatable bonds is 5. The predicted molar refractivity (Wildman–Crippen MR) is 76.6 cm³/mol. The highest BCUT2D eigenvalue weighted by molar-refractivity contribution is 7.89. The minimum absolute atomic E-state index is 0.0485. The molecule has 0 amide bonds. The lowest BCUT2D eigenvalue weighted by molar-refractivity contribution is -0.0588. The fraction of sp³-hybridized carbons (Fsp3) is 0.500. The van der Waals surface area contributed by atoms with Gasteiger partial charge in [0.2, 0.25) is 10.0 Å². The van der Waals surface area contributed by atoms with Crippen molar-refractivity contribution in [2.75, 3.05) is 19.8 Å². The van der Waals surface area contributed by atoms with Gasteiger partial charge >= 0.3 is 0 Å². The lowest BCUT2D eigenvalue weighted by atomic mass is 9.95. The summed E-state index contributed by atoms with van der Waals surface area (Å²) in [6.07, 6.45) is 0.803. The van der Waals surface area contributed by atoms with E-state index in [1.54, 1.807) is 0 Å². The van der Waals surface area contributed by atoms with Gasteiger partial charge in [-0.1, -0.05) is 12.1 Å². The average molecular weight is 313 g/mol. The van der Waals surface area contributed by atoms with Crippen molar-refractivity contribution in [2.45, 2.75) is 30.3 Å². The third-order valence-electron chi connectivity index (χ3n) is 3.59. The molecule has 1 saturated heterocycles. The molecule has 0 aliphatic carbocycles. The predicted octanol–water partition coefficient (Wildman–Crippen LogP) is 0.709. The molecule has 0 radical (unpaired) electrons. The van der Waals surface area contributed by atoms with Crippen LogP contribution in [0.4, 0.5) is 0 Å². The standard InChI is InChI=1S/C14H19NO5S/c1-11(16)12-2-4-13(5-3-12)21(18,19)15-10-14(17)6-8-20-9-7-14/h2-5,15,17H,6-10H2,1H3. The van der Waals surface area contributed by atoms with E-state index in [4.69, 9.17) is 4.74 Å². The normalized spacial score (nSPS) is 18.4. The SMILES string of the molecule is CC(=O)c1ccc(S(=O)(=O)NCC2(O)CCOCC2)cc1. The summed E-state index contributed by atoms with van der Waals surface area (Å²) in [5.74, 6) is -0.122. The van der Waals surface area contributed by atoms with Crippen LogP contribution >= 0.6 is 0 Å². The van der Waals surface area contributed by atoms with E-state index in [-0.39, 0.29) is 17.2 Å². The number of ether oxygens (including phenoxy) is 1. The summed E-state index contributed by atoms with van der Waals surface area (Å²) in [5, 5.41) is 10.2. The summed E-state index contributed by atoms with van der Waals surface area (Å²) in [7, 11) is -3.70. The van der Waals surface area contributed by atoms with Gasteiger partial charge in [0.1, 0.15) is 0 Å². The number of hydrogen-bond donors (Lipinski definition) is 2. The first-order valence-corrected chi connectivity index (χ1v) is 8.22. The zero-order valence-corrected chi connectivity index (χ0v) is 12.6. The quantitative estimate of drug-likeness (QED) is 0.781. The molecular weight excluding hydrogens is 294 g/mol. The number of benzene rings is 1. The Bertz CT molecular complexity index is 603. The topological polar surface area (TPSA) is 92.7 Å². The summed E-state index contributed by atoms with van der Waals surface area (Å²) < 4.78 is 31.9. The molecule has 0 saturated carbocycles. The van der Waals surface area contributed by atoms with Gasteiger partial charge in [0.15, 0.2) is 5.78 Å². The Balaban J connectivity index is 2.05. The van der Waals surface area contributed by atoms with Crippen molar-refractivity contribution in [1.82, 2.24) is 4.72 Å². The highest BCUT2D eigenvalue weighted by Gasteiger charge is 2.31. The molecule has 0 unspecified atom stereocenters. The molecule has 6 nitrogen and oxygen atoms in total. The molecule has 1 aromatic carbocycles. The molecular formula is C14H19NO5S. The minimum Gasteiger partial charge on any atom is -0.388 e. The number of hydrogen-bond acceptors (Lipinski definition) is 5. The van der Waals surface area contributed by atoms with E-state index in [9.17, 15) is 18.3 Å². The number of carbonyl (C=O) groups is 1. The smallest absolute Gasteiger partial charge is 0.240 e. The van der Waals surface area contributed by atoms with Crippen LogP contribution in [0.3, 0.4) is 0 Å². The fourth-order valence-electron chi connectivity index (χ4n) is 2.11. The molecule has 21 heavy (non-hydrogen) atoms. The van der Waals surface area contributed by atoms with E-state index in [1.165, 1.54) is 31.2 Å². The average Bonchev–Trinajstić information content (AvgIpc) is 2.46. The van der Waals surface area contributed by atoms with Crippen LogP contribution in [0.15, 0.2) is 29.2 Å². The number of Topliss-reactive ketones (excluding diaryl/α,β-unsaturated/α-hetero) is 1. The van der Waals surface area contributed by atoms with Gasteiger partial charge in [-0.05, 0) is 19.1 Å². The van der Waals surface area contributed by atoms with Crippen LogP contribution < -0.4 is 4.72 Å². The zero-order valence-electron chi connectivity index (χ0n) is 11.8. The lowest BCUT2D eigenvalue weighted by Crippen LogP contribution is -2.46. The Labute approximate surface area is 124 Å². The second-order valence-electron chi connectivity index (χ2n) is 5.24. The van der Waals surface area contributed by atoms with Gasteiger partial charge in [0.25, 0.3) is 0 Å². The van der Waals surface area contributed by atoms with Crippen LogP contribution in [0.5, 0.6) is 0 Å². The lowest BCUT2D eigenvalue weighted by Gasteiger charge is -2.31. The van der Waals surface area contributed by atoms with Crippen molar-refractivity contribution in [3.63, 3.8) is 0 Å². The Morgan fingerprint density at radius 1 is 1.29 bits per heavy atom. The van der Waals surface area contributed by atoms with Gasteiger partial charge in [-0.25, -0.2) is 13.1 Å². The number of nitrogens with one attached hydrogen (secondary N) is 1. The van der Waals surface area contributed by atoms with Crippen molar-refractivity contribution in [3.05, 3.63) is 29.8 Å². The Kier molecular flexibility index (Phi) is 4.77. The third kappa shape index (κ3) is 4.10. The Morgan fingerprint density at radius 3 is 2.38 bits per heavy atom. The van der Waals surface area contributed by atoms with Gasteiger partial charge in [-0.15, -0.1) is 0 Å². The number of aliphatic hydroxyl groups is 1. The monoisotopic (exact) mass is 313 g/mol. The summed E-state index contributed by atoms with van der Waals surface area (Å²) in [5.41, 5.74) is -0.609. The van der Waals surface area contributed by atoms with Gasteiger partial charge in [0.05, 0.1) is 10.5 Å². The van der Waals surface area contributed by atoms with E-state index < -0.39 is 15.6 Å². The molecule has 0 spiro atoms. The van der Waals surface area contributed by atoms with E-state index >= 15 is 0 Å². The molecule has 1 heterocycles. The van der Waals surface area contributed by atoms with E-state index in [0.29, 0.717) is 31.6 Å². The van der Waals surface area contributed by atoms with Crippen molar-refractivity contribution in [3.8, 4) is 0 Å².